The van der Waals surface area contributed by atoms with Gasteiger partial charge < -0.3 is 25.3 Å². The third kappa shape index (κ3) is 15.7. The molecule has 3 amide bonds. The molecular formula is C52H70N6O7. The van der Waals surface area contributed by atoms with E-state index in [4.69, 9.17) is 14.5 Å². The molecule has 2 aromatic carbocycles. The molecule has 350 valence electrons. The number of amides is 3. The van der Waals surface area contributed by atoms with Crippen LogP contribution in [-0.2, 0) is 19.1 Å². The maximum Gasteiger partial charge on any atom is 0.329 e. The molecule has 5 rings (SSSR count). The molecule has 0 aliphatic carbocycles. The molecule has 13 nitrogen and oxygen atoms in total. The van der Waals surface area contributed by atoms with Crippen LogP contribution in [0.5, 0.6) is 0 Å². The van der Waals surface area contributed by atoms with Crippen LogP contribution in [0.2, 0.25) is 0 Å². The first kappa shape index (κ1) is 50.2. The molecule has 0 unspecified atom stereocenters. The highest BCUT2D eigenvalue weighted by Crippen LogP contribution is 2.34. The first-order valence-electron chi connectivity index (χ1n) is 24.0. The van der Waals surface area contributed by atoms with Gasteiger partial charge in [0.25, 0.3) is 5.91 Å². The van der Waals surface area contributed by atoms with E-state index in [1.807, 2.05) is 26.8 Å². The van der Waals surface area contributed by atoms with Crippen LogP contribution in [0.3, 0.4) is 0 Å². The number of carbonyl (C=O) groups excluding carboxylic acids is 4. The van der Waals surface area contributed by atoms with Crippen molar-refractivity contribution in [3.05, 3.63) is 102 Å². The summed E-state index contributed by atoms with van der Waals surface area (Å²) in [5.41, 5.74) is 2.79. The number of unbranched alkanes of at least 4 members (excludes halogenated alkanes) is 11. The number of carbonyl (C=O) groups is 4. The summed E-state index contributed by atoms with van der Waals surface area (Å²) >= 11 is 0. The number of esters is 2. The van der Waals surface area contributed by atoms with Gasteiger partial charge in [0.2, 0.25) is 5.95 Å². The van der Waals surface area contributed by atoms with Crippen LogP contribution < -0.4 is 20.3 Å². The molecular weight excluding hydrogens is 821 g/mol. The Balaban J connectivity index is 1.40. The summed E-state index contributed by atoms with van der Waals surface area (Å²) in [7, 11) is 0. The van der Waals surface area contributed by atoms with Crippen LogP contribution in [0.4, 0.5) is 22.1 Å². The second-order valence-corrected chi connectivity index (χ2v) is 17.8. The van der Waals surface area contributed by atoms with Crippen molar-refractivity contribution < 1.29 is 33.4 Å². The number of anilines is 3. The zero-order valence-electron chi connectivity index (χ0n) is 39.1. The highest BCUT2D eigenvalue weighted by molar-refractivity contribution is 6.05. The normalized spacial score (nSPS) is 15.4. The summed E-state index contributed by atoms with van der Waals surface area (Å²) in [6.07, 6.45) is 20.1. The molecule has 1 aliphatic heterocycles. The van der Waals surface area contributed by atoms with Crippen molar-refractivity contribution >= 4 is 41.2 Å². The molecule has 1 fully saturated rings. The number of nitrogens with one attached hydrogen (secondary N) is 2. The first-order chi connectivity index (χ1) is 31.5. The molecule has 4 aromatic rings. The van der Waals surface area contributed by atoms with E-state index in [0.29, 0.717) is 51.3 Å². The summed E-state index contributed by atoms with van der Waals surface area (Å²) in [5, 5.41) is 18.2. The number of hydrogen-bond donors (Lipinski definition) is 2. The monoisotopic (exact) mass is 891 g/mol. The van der Waals surface area contributed by atoms with Gasteiger partial charge in [0.05, 0.1) is 22.9 Å². The van der Waals surface area contributed by atoms with Gasteiger partial charge in [-0.15, -0.1) is 0 Å². The molecule has 65 heavy (non-hydrogen) atoms. The Kier molecular flexibility index (Phi) is 20.2. The lowest BCUT2D eigenvalue weighted by Gasteiger charge is -2.37. The van der Waals surface area contributed by atoms with Crippen molar-refractivity contribution in [3.63, 3.8) is 0 Å². The Bertz CT molecular complexity index is 2130. The third-order valence-electron chi connectivity index (χ3n) is 11.9. The van der Waals surface area contributed by atoms with Crippen molar-refractivity contribution in [1.29, 1.82) is 0 Å². The lowest BCUT2D eigenvalue weighted by Crippen LogP contribution is -2.50. The average molecular weight is 891 g/mol. The average Bonchev–Trinajstić information content (AvgIpc) is 3.29. The molecule has 0 saturated carbocycles. The summed E-state index contributed by atoms with van der Waals surface area (Å²) in [6, 6.07) is 17.2. The zero-order valence-corrected chi connectivity index (χ0v) is 39.1. The van der Waals surface area contributed by atoms with Crippen LogP contribution in [0.25, 0.3) is 11.3 Å². The molecule has 1 saturated heterocycles. The molecule has 13 heteroatoms. The lowest BCUT2D eigenvalue weighted by molar-refractivity contribution is -0.604. The number of cyclic esters (lactones) is 1. The van der Waals surface area contributed by atoms with Crippen molar-refractivity contribution in [1.82, 2.24) is 15.3 Å². The second-order valence-electron chi connectivity index (χ2n) is 17.8. The predicted octanol–water partition coefficient (Wildman–Crippen LogP) is 11.3. The van der Waals surface area contributed by atoms with Gasteiger partial charge in [-0.1, -0.05) is 129 Å². The fourth-order valence-corrected chi connectivity index (χ4v) is 8.27. The Morgan fingerprint density at radius 1 is 0.877 bits per heavy atom. The van der Waals surface area contributed by atoms with Gasteiger partial charge in [-0.2, -0.15) is 4.73 Å². The number of pyridine rings is 1. The Labute approximate surface area is 385 Å². The number of hydrogen-bond acceptors (Lipinski definition) is 9. The minimum Gasteiger partial charge on any atom is -0.619 e. The third-order valence-corrected chi connectivity index (χ3v) is 11.9. The summed E-state index contributed by atoms with van der Waals surface area (Å²) in [6.45, 7) is 10.1. The highest BCUT2D eigenvalue weighted by Gasteiger charge is 2.43. The van der Waals surface area contributed by atoms with E-state index < -0.39 is 24.1 Å². The van der Waals surface area contributed by atoms with Gasteiger partial charge >= 0.3 is 18.0 Å². The largest absolute Gasteiger partial charge is 0.619 e. The quantitative estimate of drug-likeness (QED) is 0.0256. The second kappa shape index (κ2) is 26.2. The number of ether oxygens (including phenoxy) is 2. The summed E-state index contributed by atoms with van der Waals surface area (Å²) in [4.78, 5) is 65.7. The van der Waals surface area contributed by atoms with Gasteiger partial charge in [0, 0.05) is 29.9 Å². The minimum absolute atomic E-state index is 0.00753. The molecule has 1 aliphatic rings. The number of aryl methyl sites for hydroxylation is 1. The van der Waals surface area contributed by atoms with E-state index in [-0.39, 0.29) is 42.2 Å². The van der Waals surface area contributed by atoms with E-state index >= 15 is 0 Å². The Hall–Kier alpha value is -5.85. The topological polar surface area (TPSA) is 167 Å². The Morgan fingerprint density at radius 3 is 2.25 bits per heavy atom. The predicted molar refractivity (Wildman–Crippen MR) is 254 cm³/mol. The number of urea groups is 1. The molecule has 2 N–H and O–H groups in total. The van der Waals surface area contributed by atoms with Crippen LogP contribution >= 0.6 is 0 Å². The van der Waals surface area contributed by atoms with Crippen molar-refractivity contribution in [2.24, 2.45) is 11.8 Å². The van der Waals surface area contributed by atoms with Crippen LogP contribution in [0.1, 0.15) is 153 Å². The maximum absolute atomic E-state index is 14.9. The van der Waals surface area contributed by atoms with E-state index in [9.17, 15) is 24.4 Å². The van der Waals surface area contributed by atoms with E-state index in [1.165, 1.54) is 62.0 Å². The fourth-order valence-electron chi connectivity index (χ4n) is 8.27. The standard InChI is InChI=1S/C52H70N6O7/c1-6-8-10-12-13-14-15-16-20-26-42(35-47-43(49(60)65-47)27-21-11-9-7-2)64-50(61)45(33-37(3)4)56-52(62)58(51-53-31-30-44(55-51)40-25-22-32-57(63)36-40)46-34-41(29-28-38(46)5)54-48(59)39-23-18-17-19-24-39/h17-19,22-25,28-32,34,36-37,42-43,45,47H,6-16,20-21,26-27,33,35H2,1-5H3,(H,54,59)(H,56,62)/t42-,43-,45-,47-/m0/s1. The van der Waals surface area contributed by atoms with E-state index in [0.717, 1.165) is 51.4 Å². The fraction of sp³-hybridized carbons (Fsp3) is 0.519. The van der Waals surface area contributed by atoms with Crippen molar-refractivity contribution in [3.8, 4) is 11.3 Å². The molecule has 0 radical (unpaired) electrons. The van der Waals surface area contributed by atoms with Crippen LogP contribution in [0, 0.1) is 24.0 Å². The SMILES string of the molecule is CCCCCCCCCCC[C@@H](C[C@@H]1OC(=O)[C@H]1CCCCCC)OC(=O)[C@H](CC(C)C)NC(=O)N(c1nccc(-c2ccc[n+]([O-])c2)n1)c1cc(NC(=O)c2ccccc2)ccc1C. The minimum atomic E-state index is -1.05. The molecule has 4 atom stereocenters. The van der Waals surface area contributed by atoms with Gasteiger partial charge in [-0.3, -0.25) is 9.59 Å². The van der Waals surface area contributed by atoms with Gasteiger partial charge in [-0.25, -0.2) is 24.5 Å². The summed E-state index contributed by atoms with van der Waals surface area (Å²) < 4.78 is 12.7. The smallest absolute Gasteiger partial charge is 0.329 e. The lowest BCUT2D eigenvalue weighted by atomic mass is 9.86. The molecule has 0 spiro atoms. The number of aromatic nitrogens is 3. The molecule has 3 heterocycles. The van der Waals surface area contributed by atoms with Crippen LogP contribution in [-0.4, -0.2) is 52.1 Å². The van der Waals surface area contributed by atoms with Gasteiger partial charge in [-0.05, 0) is 80.5 Å². The maximum atomic E-state index is 14.9. The van der Waals surface area contributed by atoms with Crippen LogP contribution in [0.15, 0.2) is 85.3 Å². The number of nitrogens with zero attached hydrogens (tertiary/aromatic N) is 4. The zero-order chi connectivity index (χ0) is 46.6. The Morgan fingerprint density at radius 2 is 1.57 bits per heavy atom. The first-order valence-corrected chi connectivity index (χ1v) is 24.0. The van der Waals surface area contributed by atoms with E-state index in [1.54, 1.807) is 60.7 Å². The van der Waals surface area contributed by atoms with Crippen molar-refractivity contribution in [2.45, 2.75) is 162 Å². The van der Waals surface area contributed by atoms with Gasteiger partial charge in [0.1, 0.15) is 18.2 Å². The number of benzene rings is 2. The van der Waals surface area contributed by atoms with Gasteiger partial charge in [0.15, 0.2) is 12.4 Å². The molecule has 2 aromatic heterocycles. The number of rotatable bonds is 27. The highest BCUT2D eigenvalue weighted by atomic mass is 16.6. The molecule has 0 bridgehead atoms. The van der Waals surface area contributed by atoms with Crippen molar-refractivity contribution in [2.75, 3.05) is 10.2 Å². The van der Waals surface area contributed by atoms with E-state index in [2.05, 4.69) is 29.5 Å². The summed E-state index contributed by atoms with van der Waals surface area (Å²) in [5.74, 6) is -1.33.